The fourth-order valence-corrected chi connectivity index (χ4v) is 1.64. The van der Waals surface area contributed by atoms with E-state index in [4.69, 9.17) is 0 Å². The average molecular weight is 244 g/mol. The molecule has 0 aliphatic carbocycles. The Kier molecular flexibility index (Phi) is 2.97. The molecule has 92 valence electrons. The quantitative estimate of drug-likeness (QED) is 0.732. The Morgan fingerprint density at radius 1 is 1.17 bits per heavy atom. The second-order valence-corrected chi connectivity index (χ2v) is 3.97. The SMILES string of the molecule is CC(=O)c1cccc(-n2ccc(=O)n(C)c2=O)c1. The minimum atomic E-state index is -0.441. The molecule has 1 heterocycles. The molecule has 0 saturated heterocycles. The molecular formula is C13H12N2O3. The van der Waals surface area contributed by atoms with Gasteiger partial charge in [-0.15, -0.1) is 0 Å². The highest BCUT2D eigenvalue weighted by molar-refractivity contribution is 5.94. The van der Waals surface area contributed by atoms with Crippen LogP contribution in [-0.2, 0) is 7.05 Å². The first-order valence-corrected chi connectivity index (χ1v) is 5.41. The van der Waals surface area contributed by atoms with Crippen LogP contribution in [-0.4, -0.2) is 14.9 Å². The smallest absolute Gasteiger partial charge is 0.295 e. The van der Waals surface area contributed by atoms with Crippen LogP contribution in [0.2, 0.25) is 0 Å². The highest BCUT2D eigenvalue weighted by Crippen LogP contribution is 2.08. The summed E-state index contributed by atoms with van der Waals surface area (Å²) in [6.45, 7) is 1.46. The number of ketones is 1. The molecule has 2 aromatic rings. The van der Waals surface area contributed by atoms with Gasteiger partial charge in [0.1, 0.15) is 0 Å². The third-order valence-electron chi connectivity index (χ3n) is 2.72. The Balaban J connectivity index is 2.67. The van der Waals surface area contributed by atoms with E-state index in [1.54, 1.807) is 24.3 Å². The third kappa shape index (κ3) is 2.02. The first-order chi connectivity index (χ1) is 8.50. The van der Waals surface area contributed by atoms with Crippen molar-refractivity contribution in [3.63, 3.8) is 0 Å². The highest BCUT2D eigenvalue weighted by atomic mass is 16.2. The lowest BCUT2D eigenvalue weighted by Crippen LogP contribution is -2.36. The van der Waals surface area contributed by atoms with Crippen molar-refractivity contribution in [2.45, 2.75) is 6.92 Å². The van der Waals surface area contributed by atoms with Crippen molar-refractivity contribution in [2.75, 3.05) is 0 Å². The number of aromatic nitrogens is 2. The zero-order chi connectivity index (χ0) is 13.3. The minimum Gasteiger partial charge on any atom is -0.295 e. The Morgan fingerprint density at radius 3 is 2.56 bits per heavy atom. The molecule has 0 atom stereocenters. The van der Waals surface area contributed by atoms with Gasteiger partial charge in [0, 0.05) is 24.9 Å². The lowest BCUT2D eigenvalue weighted by atomic mass is 10.1. The molecule has 0 N–H and O–H groups in total. The van der Waals surface area contributed by atoms with Crippen LogP contribution in [0.25, 0.3) is 5.69 Å². The fraction of sp³-hybridized carbons (Fsp3) is 0.154. The number of carbonyl (C=O) groups excluding carboxylic acids is 1. The zero-order valence-electron chi connectivity index (χ0n) is 10.1. The molecule has 0 amide bonds. The van der Waals surface area contributed by atoms with Crippen molar-refractivity contribution in [1.82, 2.24) is 9.13 Å². The highest BCUT2D eigenvalue weighted by Gasteiger charge is 2.05. The summed E-state index contributed by atoms with van der Waals surface area (Å²) >= 11 is 0. The summed E-state index contributed by atoms with van der Waals surface area (Å²) in [4.78, 5) is 34.5. The Hall–Kier alpha value is -2.43. The van der Waals surface area contributed by atoms with Crippen LogP contribution in [0.5, 0.6) is 0 Å². The molecule has 2 rings (SSSR count). The predicted octanol–water partition coefficient (Wildman–Crippen LogP) is 0.739. The van der Waals surface area contributed by atoms with Gasteiger partial charge in [0.25, 0.3) is 5.56 Å². The van der Waals surface area contributed by atoms with Crippen LogP contribution in [0.3, 0.4) is 0 Å². The summed E-state index contributed by atoms with van der Waals surface area (Å²) in [7, 11) is 1.41. The first kappa shape index (κ1) is 12.0. The van der Waals surface area contributed by atoms with Gasteiger partial charge in [0.2, 0.25) is 0 Å². The lowest BCUT2D eigenvalue weighted by Gasteiger charge is -2.07. The van der Waals surface area contributed by atoms with Crippen LogP contribution >= 0.6 is 0 Å². The van der Waals surface area contributed by atoms with Gasteiger partial charge >= 0.3 is 5.69 Å². The van der Waals surface area contributed by atoms with E-state index in [2.05, 4.69) is 0 Å². The van der Waals surface area contributed by atoms with Crippen molar-refractivity contribution in [3.8, 4) is 5.69 Å². The van der Waals surface area contributed by atoms with E-state index in [0.29, 0.717) is 11.3 Å². The number of benzene rings is 1. The summed E-state index contributed by atoms with van der Waals surface area (Å²) in [5.41, 5.74) is 0.277. The molecule has 1 aromatic heterocycles. The molecule has 0 spiro atoms. The zero-order valence-corrected chi connectivity index (χ0v) is 10.1. The van der Waals surface area contributed by atoms with Gasteiger partial charge in [0.05, 0.1) is 5.69 Å². The predicted molar refractivity (Wildman–Crippen MR) is 67.3 cm³/mol. The Labute approximate surface area is 103 Å². The van der Waals surface area contributed by atoms with E-state index in [1.165, 1.54) is 30.8 Å². The summed E-state index contributed by atoms with van der Waals surface area (Å²) in [6.07, 6.45) is 1.41. The van der Waals surface area contributed by atoms with Gasteiger partial charge in [-0.3, -0.25) is 18.7 Å². The molecule has 0 unspecified atom stereocenters. The van der Waals surface area contributed by atoms with E-state index >= 15 is 0 Å². The summed E-state index contributed by atoms with van der Waals surface area (Å²) in [5.74, 6) is -0.0743. The van der Waals surface area contributed by atoms with E-state index in [-0.39, 0.29) is 11.3 Å². The molecule has 0 saturated carbocycles. The van der Waals surface area contributed by atoms with Gasteiger partial charge in [-0.2, -0.15) is 0 Å². The van der Waals surface area contributed by atoms with Crippen LogP contribution in [0.1, 0.15) is 17.3 Å². The fourth-order valence-electron chi connectivity index (χ4n) is 1.64. The van der Waals surface area contributed by atoms with Crippen LogP contribution in [0.4, 0.5) is 0 Å². The van der Waals surface area contributed by atoms with Crippen molar-refractivity contribution in [1.29, 1.82) is 0 Å². The molecule has 0 fully saturated rings. The number of rotatable bonds is 2. The number of hydrogen-bond donors (Lipinski definition) is 0. The normalized spacial score (nSPS) is 10.3. The van der Waals surface area contributed by atoms with Gasteiger partial charge < -0.3 is 0 Å². The monoisotopic (exact) mass is 244 g/mol. The van der Waals surface area contributed by atoms with Crippen molar-refractivity contribution < 1.29 is 4.79 Å². The van der Waals surface area contributed by atoms with E-state index in [0.717, 1.165) is 4.57 Å². The first-order valence-electron chi connectivity index (χ1n) is 5.41. The maximum Gasteiger partial charge on any atom is 0.335 e. The lowest BCUT2D eigenvalue weighted by molar-refractivity contribution is 0.101. The van der Waals surface area contributed by atoms with Crippen molar-refractivity contribution in [3.05, 3.63) is 62.9 Å². The van der Waals surface area contributed by atoms with Crippen molar-refractivity contribution in [2.24, 2.45) is 7.05 Å². The van der Waals surface area contributed by atoms with E-state index < -0.39 is 5.69 Å². The molecule has 5 nitrogen and oxygen atoms in total. The summed E-state index contributed by atoms with van der Waals surface area (Å²) in [5, 5.41) is 0. The van der Waals surface area contributed by atoms with E-state index in [1.807, 2.05) is 0 Å². The topological polar surface area (TPSA) is 61.1 Å². The molecular weight excluding hydrogens is 232 g/mol. The third-order valence-corrected chi connectivity index (χ3v) is 2.72. The van der Waals surface area contributed by atoms with Crippen LogP contribution in [0.15, 0.2) is 46.1 Å². The Morgan fingerprint density at radius 2 is 1.89 bits per heavy atom. The van der Waals surface area contributed by atoms with Crippen molar-refractivity contribution >= 4 is 5.78 Å². The molecule has 1 aromatic carbocycles. The minimum absolute atomic E-state index is 0.0743. The average Bonchev–Trinajstić information content (AvgIpc) is 2.36. The number of hydrogen-bond acceptors (Lipinski definition) is 3. The maximum atomic E-state index is 11.9. The summed E-state index contributed by atoms with van der Waals surface area (Å²) in [6, 6.07) is 8.01. The number of Topliss-reactive ketones (excluding diaryl/α,β-unsaturated/α-hetero) is 1. The molecule has 0 aliphatic rings. The molecule has 18 heavy (non-hydrogen) atoms. The number of carbonyl (C=O) groups is 1. The van der Waals surface area contributed by atoms with Gasteiger partial charge in [-0.05, 0) is 19.1 Å². The largest absolute Gasteiger partial charge is 0.335 e. The second-order valence-electron chi connectivity index (χ2n) is 3.97. The molecule has 0 bridgehead atoms. The van der Waals surface area contributed by atoms with Crippen LogP contribution < -0.4 is 11.2 Å². The molecule has 0 aliphatic heterocycles. The maximum absolute atomic E-state index is 11.9. The number of nitrogens with zero attached hydrogens (tertiary/aromatic N) is 2. The standard InChI is InChI=1S/C13H12N2O3/c1-9(16)10-4-3-5-11(8-10)15-7-6-12(17)14(2)13(15)18/h3-8H,1-2H3. The summed E-state index contributed by atoms with van der Waals surface area (Å²) < 4.78 is 2.34. The Bertz CT molecular complexity index is 726. The van der Waals surface area contributed by atoms with Gasteiger partial charge in [0.15, 0.2) is 5.78 Å². The van der Waals surface area contributed by atoms with E-state index in [9.17, 15) is 14.4 Å². The van der Waals surface area contributed by atoms with Crippen LogP contribution in [0, 0.1) is 0 Å². The molecule has 5 heteroatoms. The molecule has 0 radical (unpaired) electrons. The van der Waals surface area contributed by atoms with Gasteiger partial charge in [-0.25, -0.2) is 4.79 Å². The van der Waals surface area contributed by atoms with Gasteiger partial charge in [-0.1, -0.05) is 12.1 Å². The second kappa shape index (κ2) is 4.44.